The standard InChI is InChI=1S/C65H112O12/c1-4-7-10-13-16-19-22-24-26-28-29-31-32-34-37-39-42-45-48-51-57(66)73-54-56(75-58(67)52-49-46-43-41-38-35-33-30-27-25-23-20-17-14-11-8-5-2)55-74-65-63(61(70)60(69)62(77-65)64(71)72)76-59(68)53-50-47-44-40-36-21-18-15-12-9-6-3/h8,11,16-17,19-20,24-27,56,60-63,65,69-70H,4-7,9-10,12-15,18,21-23,28-55H2,1-3H3,(H,71,72)/b11-8-,19-16-,20-17-,26-24-,27-25-. The molecular weight excluding hydrogens is 973 g/mol. The van der Waals surface area contributed by atoms with Gasteiger partial charge in [0, 0.05) is 19.3 Å². The van der Waals surface area contributed by atoms with Gasteiger partial charge in [0.15, 0.2) is 24.6 Å². The molecule has 0 amide bonds. The molecule has 6 unspecified atom stereocenters. The lowest BCUT2D eigenvalue weighted by atomic mass is 9.98. The van der Waals surface area contributed by atoms with Crippen molar-refractivity contribution < 1.29 is 58.2 Å². The van der Waals surface area contributed by atoms with Gasteiger partial charge in [-0.3, -0.25) is 14.4 Å². The fourth-order valence-corrected chi connectivity index (χ4v) is 9.30. The number of unbranched alkanes of at least 4 members (excludes halogenated alkanes) is 29. The fourth-order valence-electron chi connectivity index (χ4n) is 9.30. The second-order valence-corrected chi connectivity index (χ2v) is 21.3. The predicted molar refractivity (Wildman–Crippen MR) is 312 cm³/mol. The van der Waals surface area contributed by atoms with E-state index in [1.54, 1.807) is 0 Å². The first kappa shape index (κ1) is 71.4. The van der Waals surface area contributed by atoms with E-state index in [1.807, 2.05) is 0 Å². The first-order valence-electron chi connectivity index (χ1n) is 31.3. The fraction of sp³-hybridized carbons (Fsp3) is 0.785. The Balaban J connectivity index is 2.66. The van der Waals surface area contributed by atoms with Crippen LogP contribution in [0.4, 0.5) is 0 Å². The first-order valence-corrected chi connectivity index (χ1v) is 31.3. The summed E-state index contributed by atoms with van der Waals surface area (Å²) in [5.74, 6) is -3.12. The van der Waals surface area contributed by atoms with E-state index in [0.29, 0.717) is 19.3 Å². The van der Waals surface area contributed by atoms with Crippen LogP contribution in [-0.4, -0.2) is 89.2 Å². The van der Waals surface area contributed by atoms with Crippen molar-refractivity contribution >= 4 is 23.9 Å². The van der Waals surface area contributed by atoms with E-state index >= 15 is 0 Å². The van der Waals surface area contributed by atoms with Crippen LogP contribution in [0.1, 0.15) is 278 Å². The molecule has 1 aliphatic rings. The van der Waals surface area contributed by atoms with Crippen LogP contribution in [0.5, 0.6) is 0 Å². The van der Waals surface area contributed by atoms with Crippen molar-refractivity contribution in [1.29, 1.82) is 0 Å². The minimum absolute atomic E-state index is 0.0611. The van der Waals surface area contributed by atoms with Crippen molar-refractivity contribution in [1.82, 2.24) is 0 Å². The maximum absolute atomic E-state index is 13.2. The zero-order valence-corrected chi connectivity index (χ0v) is 49.0. The molecule has 6 atom stereocenters. The Kier molecular flexibility index (Phi) is 49.2. The molecule has 1 heterocycles. The van der Waals surface area contributed by atoms with Crippen LogP contribution in [-0.2, 0) is 42.9 Å². The van der Waals surface area contributed by atoms with Crippen LogP contribution in [0.15, 0.2) is 60.8 Å². The third-order valence-corrected chi connectivity index (χ3v) is 14.1. The van der Waals surface area contributed by atoms with E-state index in [1.165, 1.54) is 96.3 Å². The van der Waals surface area contributed by atoms with Crippen molar-refractivity contribution in [2.75, 3.05) is 13.2 Å². The largest absolute Gasteiger partial charge is 0.479 e. The van der Waals surface area contributed by atoms with Crippen molar-refractivity contribution in [2.24, 2.45) is 0 Å². The number of carboxylic acids is 1. The second-order valence-electron chi connectivity index (χ2n) is 21.3. The van der Waals surface area contributed by atoms with Gasteiger partial charge >= 0.3 is 23.9 Å². The Morgan fingerprint density at radius 2 is 0.818 bits per heavy atom. The number of hydrogen-bond acceptors (Lipinski definition) is 11. The number of aliphatic hydroxyl groups is 2. The Hall–Kier alpha value is -3.58. The molecule has 1 saturated heterocycles. The van der Waals surface area contributed by atoms with Gasteiger partial charge in [0.1, 0.15) is 18.8 Å². The SMILES string of the molecule is CC/C=C\C/C=C\C/C=C\CCCCCCCCCC(=O)OC(COC(=O)CCCCCCCCCCC/C=C\C/C=C\CCCCC)COC1OC(C(=O)O)C(O)C(O)C1OC(=O)CCCCCCCCCCCCC. The van der Waals surface area contributed by atoms with Crippen molar-refractivity contribution in [3.63, 3.8) is 0 Å². The molecule has 0 spiro atoms. The summed E-state index contributed by atoms with van der Waals surface area (Å²) in [4.78, 5) is 51.2. The zero-order valence-electron chi connectivity index (χ0n) is 49.0. The molecule has 0 bridgehead atoms. The molecule has 3 N–H and O–H groups in total. The molecule has 0 aromatic rings. The van der Waals surface area contributed by atoms with E-state index in [9.17, 15) is 34.5 Å². The number of aliphatic carboxylic acids is 1. The van der Waals surface area contributed by atoms with Gasteiger partial charge in [-0.2, -0.15) is 0 Å². The Morgan fingerprint density at radius 1 is 0.442 bits per heavy atom. The van der Waals surface area contributed by atoms with Gasteiger partial charge < -0.3 is 39.0 Å². The highest BCUT2D eigenvalue weighted by molar-refractivity contribution is 5.74. The van der Waals surface area contributed by atoms with Gasteiger partial charge in [0.2, 0.25) is 0 Å². The molecule has 77 heavy (non-hydrogen) atoms. The smallest absolute Gasteiger partial charge is 0.335 e. The third kappa shape index (κ3) is 43.0. The van der Waals surface area contributed by atoms with E-state index in [0.717, 1.165) is 122 Å². The Labute approximate surface area is 468 Å². The van der Waals surface area contributed by atoms with Gasteiger partial charge in [-0.25, -0.2) is 4.79 Å². The molecule has 444 valence electrons. The van der Waals surface area contributed by atoms with Gasteiger partial charge in [0.25, 0.3) is 0 Å². The number of carboxylic acid groups (broad SMARTS) is 1. The average Bonchev–Trinajstić information content (AvgIpc) is 3.42. The van der Waals surface area contributed by atoms with Gasteiger partial charge in [-0.1, -0.05) is 236 Å². The molecule has 1 fully saturated rings. The lowest BCUT2D eigenvalue weighted by Gasteiger charge is -2.40. The Bertz CT molecular complexity index is 1570. The minimum atomic E-state index is -1.90. The summed E-state index contributed by atoms with van der Waals surface area (Å²) in [5.41, 5.74) is 0. The van der Waals surface area contributed by atoms with E-state index in [4.69, 9.17) is 23.7 Å². The number of hydrogen-bond donors (Lipinski definition) is 3. The highest BCUT2D eigenvalue weighted by Crippen LogP contribution is 2.27. The van der Waals surface area contributed by atoms with E-state index in [2.05, 4.69) is 81.5 Å². The molecule has 0 aromatic carbocycles. The van der Waals surface area contributed by atoms with Crippen molar-refractivity contribution in [3.05, 3.63) is 60.8 Å². The number of ether oxygens (including phenoxy) is 5. The lowest BCUT2D eigenvalue weighted by molar-refractivity contribution is -0.301. The monoisotopic (exact) mass is 1080 g/mol. The number of rotatable bonds is 53. The first-order chi connectivity index (χ1) is 37.6. The molecular formula is C65H112O12. The molecule has 12 heteroatoms. The molecule has 0 aliphatic carbocycles. The summed E-state index contributed by atoms with van der Waals surface area (Å²) >= 11 is 0. The Morgan fingerprint density at radius 3 is 1.27 bits per heavy atom. The summed E-state index contributed by atoms with van der Waals surface area (Å²) in [5, 5.41) is 31.5. The highest BCUT2D eigenvalue weighted by atomic mass is 16.7. The van der Waals surface area contributed by atoms with Crippen LogP contribution in [0, 0.1) is 0 Å². The van der Waals surface area contributed by atoms with Gasteiger partial charge in [0.05, 0.1) is 6.61 Å². The molecule has 0 saturated carbocycles. The van der Waals surface area contributed by atoms with Crippen LogP contribution in [0.3, 0.4) is 0 Å². The maximum Gasteiger partial charge on any atom is 0.335 e. The second kappa shape index (κ2) is 53.1. The van der Waals surface area contributed by atoms with Crippen molar-refractivity contribution in [2.45, 2.75) is 314 Å². The molecule has 0 aromatic heterocycles. The molecule has 0 radical (unpaired) electrons. The summed E-state index contributed by atoms with van der Waals surface area (Å²) in [7, 11) is 0. The summed E-state index contributed by atoms with van der Waals surface area (Å²) in [6, 6.07) is 0. The minimum Gasteiger partial charge on any atom is -0.479 e. The quantitative estimate of drug-likeness (QED) is 0.0228. The third-order valence-electron chi connectivity index (χ3n) is 14.1. The van der Waals surface area contributed by atoms with Crippen LogP contribution >= 0.6 is 0 Å². The van der Waals surface area contributed by atoms with E-state index < -0.39 is 67.3 Å². The van der Waals surface area contributed by atoms with E-state index in [-0.39, 0.29) is 25.9 Å². The lowest BCUT2D eigenvalue weighted by Crippen LogP contribution is -2.61. The number of carbonyl (C=O) groups excluding carboxylic acids is 3. The average molecular weight is 1090 g/mol. The summed E-state index contributed by atoms with van der Waals surface area (Å²) in [6.07, 6.45) is 53.3. The zero-order chi connectivity index (χ0) is 56.1. The highest BCUT2D eigenvalue weighted by Gasteiger charge is 2.50. The summed E-state index contributed by atoms with van der Waals surface area (Å²) < 4.78 is 28.5. The van der Waals surface area contributed by atoms with Crippen molar-refractivity contribution in [3.8, 4) is 0 Å². The van der Waals surface area contributed by atoms with Gasteiger partial charge in [-0.15, -0.1) is 0 Å². The number of allylic oxidation sites excluding steroid dienone is 10. The van der Waals surface area contributed by atoms with Crippen LogP contribution < -0.4 is 0 Å². The predicted octanol–water partition coefficient (Wildman–Crippen LogP) is 16.3. The molecule has 1 aliphatic heterocycles. The normalized spacial score (nSPS) is 18.4. The van der Waals surface area contributed by atoms with Crippen LogP contribution in [0.2, 0.25) is 0 Å². The summed E-state index contributed by atoms with van der Waals surface area (Å²) in [6.45, 7) is 5.86. The number of aliphatic hydroxyl groups excluding tert-OH is 2. The van der Waals surface area contributed by atoms with Gasteiger partial charge in [-0.05, 0) is 83.5 Å². The molecule has 1 rings (SSSR count). The topological polar surface area (TPSA) is 175 Å². The molecule has 12 nitrogen and oxygen atoms in total. The number of carbonyl (C=O) groups is 4. The maximum atomic E-state index is 13.2. The van der Waals surface area contributed by atoms with Crippen LogP contribution in [0.25, 0.3) is 0 Å². The number of esters is 3.